The summed E-state index contributed by atoms with van der Waals surface area (Å²) in [6, 6.07) is 1.06. The number of nitrogens with zero attached hydrogens (tertiary/aromatic N) is 1. The van der Waals surface area contributed by atoms with Gasteiger partial charge in [0, 0.05) is 18.7 Å². The van der Waals surface area contributed by atoms with E-state index in [9.17, 15) is 18.4 Å². The molecule has 1 N–H and O–H groups in total. The van der Waals surface area contributed by atoms with Crippen LogP contribution in [0.3, 0.4) is 0 Å². The summed E-state index contributed by atoms with van der Waals surface area (Å²) in [5.41, 5.74) is -3.45. The fraction of sp³-hybridized carbons (Fsp3) is 0.600. The van der Waals surface area contributed by atoms with Crippen molar-refractivity contribution in [2.45, 2.75) is 31.1 Å². The molecule has 0 radical (unpaired) electrons. The van der Waals surface area contributed by atoms with Crippen LogP contribution in [0.4, 0.5) is 8.78 Å². The van der Waals surface area contributed by atoms with Gasteiger partial charge in [-0.15, -0.1) is 0 Å². The number of rotatable bonds is 2. The zero-order chi connectivity index (χ0) is 13.6. The Hall–Kier alpha value is -0.770. The van der Waals surface area contributed by atoms with E-state index in [1.165, 1.54) is 6.92 Å². The van der Waals surface area contributed by atoms with Crippen LogP contribution in [0.25, 0.3) is 0 Å². The van der Waals surface area contributed by atoms with Gasteiger partial charge in [-0.1, -0.05) is 22.6 Å². The third-order valence-corrected chi connectivity index (χ3v) is 3.89. The topological polar surface area (TPSA) is 64.1 Å². The lowest BCUT2D eigenvalue weighted by molar-refractivity contribution is -0.146. The second kappa shape index (κ2) is 4.41. The zero-order valence-corrected chi connectivity index (χ0v) is 11.6. The highest BCUT2D eigenvalue weighted by Gasteiger charge is 2.55. The van der Waals surface area contributed by atoms with E-state index in [2.05, 4.69) is 0 Å². The van der Waals surface area contributed by atoms with E-state index in [0.717, 1.165) is 16.8 Å². The average molecular weight is 372 g/mol. The summed E-state index contributed by atoms with van der Waals surface area (Å²) in [5.74, 6) is -2.11. The first-order chi connectivity index (χ1) is 8.27. The van der Waals surface area contributed by atoms with Crippen molar-refractivity contribution in [1.82, 2.24) is 9.55 Å². The van der Waals surface area contributed by atoms with E-state index < -0.39 is 35.4 Å². The van der Waals surface area contributed by atoms with E-state index in [4.69, 9.17) is 4.74 Å². The Morgan fingerprint density at radius 1 is 1.61 bits per heavy atom. The molecule has 1 aromatic heterocycles. The summed E-state index contributed by atoms with van der Waals surface area (Å²) in [6.45, 7) is 1.17. The van der Waals surface area contributed by atoms with Gasteiger partial charge in [-0.3, -0.25) is 14.3 Å². The quantitative estimate of drug-likeness (QED) is 0.629. The largest absolute Gasteiger partial charge is 0.330 e. The fourth-order valence-corrected chi connectivity index (χ4v) is 2.46. The van der Waals surface area contributed by atoms with E-state index in [1.807, 2.05) is 4.98 Å². The van der Waals surface area contributed by atoms with Crippen molar-refractivity contribution in [1.29, 1.82) is 0 Å². The summed E-state index contributed by atoms with van der Waals surface area (Å²) < 4.78 is 34.2. The predicted molar refractivity (Wildman–Crippen MR) is 68.3 cm³/mol. The number of nitrogens with one attached hydrogen (secondary N) is 1. The number of hydrogen-bond donors (Lipinski definition) is 1. The smallest absolute Gasteiger partial charge is 0.317 e. The summed E-state index contributed by atoms with van der Waals surface area (Å²) in [7, 11) is 0. The number of hydrogen-bond acceptors (Lipinski definition) is 3. The lowest BCUT2D eigenvalue weighted by Crippen LogP contribution is -2.38. The molecular formula is C10H11F2IN2O3. The number of halogens is 3. The van der Waals surface area contributed by atoms with Crippen molar-refractivity contribution in [2.24, 2.45) is 0 Å². The Bertz CT molecular complexity index is 571. The van der Waals surface area contributed by atoms with Crippen LogP contribution in [-0.4, -0.2) is 25.5 Å². The van der Waals surface area contributed by atoms with Crippen LogP contribution in [0, 0.1) is 0 Å². The second-order valence-corrected chi connectivity index (χ2v) is 5.22. The first-order valence-electron chi connectivity index (χ1n) is 5.20. The highest BCUT2D eigenvalue weighted by atomic mass is 127. The zero-order valence-electron chi connectivity index (χ0n) is 9.45. The number of H-pyrrole nitrogens is 1. The molecule has 18 heavy (non-hydrogen) atoms. The van der Waals surface area contributed by atoms with E-state index >= 15 is 0 Å². The van der Waals surface area contributed by atoms with Crippen molar-refractivity contribution in [3.05, 3.63) is 33.1 Å². The molecule has 0 aromatic carbocycles. The molecule has 1 aromatic rings. The van der Waals surface area contributed by atoms with Crippen molar-refractivity contribution in [3.63, 3.8) is 0 Å². The minimum absolute atomic E-state index is 0.0428. The van der Waals surface area contributed by atoms with Crippen molar-refractivity contribution < 1.29 is 13.5 Å². The Labute approximate surface area is 114 Å². The molecule has 0 aliphatic carbocycles. The first-order valence-corrected chi connectivity index (χ1v) is 6.73. The van der Waals surface area contributed by atoms with Gasteiger partial charge in [0.25, 0.3) is 5.56 Å². The van der Waals surface area contributed by atoms with Crippen LogP contribution in [0.5, 0.6) is 0 Å². The Morgan fingerprint density at radius 2 is 2.28 bits per heavy atom. The van der Waals surface area contributed by atoms with Gasteiger partial charge in [0.05, 0.1) is 4.43 Å². The maximum atomic E-state index is 14.3. The SMILES string of the molecule is C[C@@]1(F)C[C@@](F)(CI)O[C@H]1n1ccc(=O)[nH]c1=O. The summed E-state index contributed by atoms with van der Waals surface area (Å²) >= 11 is 1.75. The molecule has 100 valence electrons. The normalized spacial score (nSPS) is 35.9. The number of ether oxygens (including phenoxy) is 1. The minimum Gasteiger partial charge on any atom is -0.317 e. The van der Waals surface area contributed by atoms with Gasteiger partial charge in [-0.2, -0.15) is 0 Å². The molecule has 2 rings (SSSR count). The van der Waals surface area contributed by atoms with Gasteiger partial charge in [-0.25, -0.2) is 13.6 Å². The van der Waals surface area contributed by atoms with Gasteiger partial charge in [0.15, 0.2) is 11.9 Å². The van der Waals surface area contributed by atoms with Crippen molar-refractivity contribution in [3.8, 4) is 0 Å². The van der Waals surface area contributed by atoms with Crippen LogP contribution < -0.4 is 11.2 Å². The highest BCUT2D eigenvalue weighted by Crippen LogP contribution is 2.47. The summed E-state index contributed by atoms with van der Waals surface area (Å²) in [5, 5.41) is 0. The summed E-state index contributed by atoms with van der Waals surface area (Å²) in [4.78, 5) is 24.5. The van der Waals surface area contributed by atoms with Crippen molar-refractivity contribution in [2.75, 3.05) is 4.43 Å². The van der Waals surface area contributed by atoms with Gasteiger partial charge in [0.2, 0.25) is 5.85 Å². The lowest BCUT2D eigenvalue weighted by atomic mass is 10.0. The highest BCUT2D eigenvalue weighted by molar-refractivity contribution is 14.1. The lowest BCUT2D eigenvalue weighted by Gasteiger charge is -2.22. The standard InChI is InChI=1S/C10H11F2IN2O3/c1-9(11)4-10(12,5-13)18-7(9)15-3-2-6(16)14-8(15)17/h2-3,7H,4-5H2,1H3,(H,14,16,17)/t7-,9-,10+/m1/s1. The van der Waals surface area contributed by atoms with Crippen molar-refractivity contribution >= 4 is 22.6 Å². The molecule has 2 heterocycles. The molecule has 1 saturated heterocycles. The van der Waals surface area contributed by atoms with Gasteiger partial charge < -0.3 is 4.74 Å². The maximum absolute atomic E-state index is 14.3. The van der Waals surface area contributed by atoms with E-state index in [0.29, 0.717) is 0 Å². The van der Waals surface area contributed by atoms with Crippen LogP contribution in [0.15, 0.2) is 21.9 Å². The molecule has 0 spiro atoms. The Balaban J connectivity index is 2.45. The first kappa shape index (κ1) is 13.7. The minimum atomic E-state index is -2.11. The average Bonchev–Trinajstić information content (AvgIpc) is 2.50. The third kappa shape index (κ3) is 2.35. The second-order valence-electron chi connectivity index (χ2n) is 4.46. The maximum Gasteiger partial charge on any atom is 0.330 e. The van der Waals surface area contributed by atoms with E-state index in [1.54, 1.807) is 22.6 Å². The Morgan fingerprint density at radius 3 is 2.78 bits per heavy atom. The molecule has 5 nitrogen and oxygen atoms in total. The number of aromatic amines is 1. The molecule has 0 bridgehead atoms. The van der Waals surface area contributed by atoms with E-state index in [-0.39, 0.29) is 4.43 Å². The van der Waals surface area contributed by atoms with Crippen LogP contribution in [0.1, 0.15) is 19.6 Å². The monoisotopic (exact) mass is 372 g/mol. The van der Waals surface area contributed by atoms with Crippen LogP contribution in [-0.2, 0) is 4.74 Å². The predicted octanol–water partition coefficient (Wildman–Crippen LogP) is 1.28. The molecular weight excluding hydrogens is 361 g/mol. The molecule has 3 atom stereocenters. The van der Waals surface area contributed by atoms with Gasteiger partial charge in [-0.05, 0) is 6.92 Å². The molecule has 8 heteroatoms. The number of aromatic nitrogens is 2. The third-order valence-electron chi connectivity index (χ3n) is 2.75. The molecule has 1 aliphatic heterocycles. The molecule has 0 unspecified atom stereocenters. The van der Waals surface area contributed by atoms with Crippen LogP contribution in [0.2, 0.25) is 0 Å². The molecule has 0 saturated carbocycles. The van der Waals surface area contributed by atoms with Gasteiger partial charge in [0.1, 0.15) is 0 Å². The van der Waals surface area contributed by atoms with Crippen LogP contribution >= 0.6 is 22.6 Å². The fourth-order valence-electron chi connectivity index (χ4n) is 2.01. The number of alkyl halides is 3. The summed E-state index contributed by atoms with van der Waals surface area (Å²) in [6.07, 6.45) is -0.747. The Kier molecular flexibility index (Phi) is 3.34. The van der Waals surface area contributed by atoms with Gasteiger partial charge >= 0.3 is 5.69 Å². The molecule has 1 aliphatic rings. The molecule has 1 fully saturated rings. The molecule has 0 amide bonds.